The summed E-state index contributed by atoms with van der Waals surface area (Å²) in [4.78, 5) is 23.4. The molecular weight excluding hydrogens is 316 g/mol. The quantitative estimate of drug-likeness (QED) is 0.811. The van der Waals surface area contributed by atoms with E-state index >= 15 is 0 Å². The van der Waals surface area contributed by atoms with Crippen LogP contribution in [0.25, 0.3) is 0 Å². The molecule has 126 valence electrons. The van der Waals surface area contributed by atoms with E-state index in [1.54, 1.807) is 17.4 Å². The predicted octanol–water partition coefficient (Wildman–Crippen LogP) is 0.992. The lowest BCUT2D eigenvalue weighted by molar-refractivity contribution is -0.716. The summed E-state index contributed by atoms with van der Waals surface area (Å²) in [7, 11) is 0. The Bertz CT molecular complexity index is 571. The molecule has 0 spiro atoms. The summed E-state index contributed by atoms with van der Waals surface area (Å²) in [5, 5.41) is 16.4. The maximum atomic E-state index is 12.1. The van der Waals surface area contributed by atoms with Crippen LogP contribution in [0.4, 0.5) is 5.69 Å². The van der Waals surface area contributed by atoms with Crippen molar-refractivity contribution in [2.24, 2.45) is 0 Å². The monoisotopic (exact) mass is 338 g/mol. The van der Waals surface area contributed by atoms with E-state index in [0.29, 0.717) is 10.7 Å². The van der Waals surface area contributed by atoms with Gasteiger partial charge in [0.25, 0.3) is 0 Å². The van der Waals surface area contributed by atoms with Gasteiger partial charge in [-0.25, -0.2) is 0 Å². The minimum atomic E-state index is -1.19. The van der Waals surface area contributed by atoms with Gasteiger partial charge in [-0.2, -0.15) is 0 Å². The highest BCUT2D eigenvalue weighted by Gasteiger charge is 2.24. The third-order valence-electron chi connectivity index (χ3n) is 4.32. The molecule has 0 heterocycles. The number of nitrogens with two attached hydrogens (primary N) is 1. The Morgan fingerprint density at radius 2 is 2.04 bits per heavy atom. The van der Waals surface area contributed by atoms with Gasteiger partial charge in [-0.1, -0.05) is 24.1 Å². The molecule has 5 nitrogen and oxygen atoms in total. The standard InChI is InChI=1S/C17H23ClN2O3/c1-11-7-8-13(9-14(11)18)20-16(21)10-15(17(22)23)19-12-5-3-2-4-6-12/h7-9,12,15,19H,2-6,10H2,1H3,(H,20,21)(H,22,23)/t15-/m1/s1. The summed E-state index contributed by atoms with van der Waals surface area (Å²) in [6, 6.07) is 4.64. The van der Waals surface area contributed by atoms with Gasteiger partial charge in [0.05, 0.1) is 18.4 Å². The average Bonchev–Trinajstić information content (AvgIpc) is 2.51. The molecule has 0 radical (unpaired) electrons. The van der Waals surface area contributed by atoms with E-state index in [9.17, 15) is 14.7 Å². The van der Waals surface area contributed by atoms with Crippen LogP contribution in [-0.4, -0.2) is 24.0 Å². The van der Waals surface area contributed by atoms with Crippen molar-refractivity contribution in [3.8, 4) is 0 Å². The number of hydrogen-bond acceptors (Lipinski definition) is 3. The van der Waals surface area contributed by atoms with Gasteiger partial charge >= 0.3 is 0 Å². The van der Waals surface area contributed by atoms with E-state index in [2.05, 4.69) is 5.32 Å². The van der Waals surface area contributed by atoms with Crippen LogP contribution in [0.1, 0.15) is 44.1 Å². The van der Waals surface area contributed by atoms with Crippen molar-refractivity contribution in [3.05, 3.63) is 28.8 Å². The van der Waals surface area contributed by atoms with Gasteiger partial charge in [0.1, 0.15) is 6.04 Å². The summed E-state index contributed by atoms with van der Waals surface area (Å²) in [6.07, 6.45) is 5.33. The molecule has 1 fully saturated rings. The summed E-state index contributed by atoms with van der Waals surface area (Å²) in [5.74, 6) is -1.53. The van der Waals surface area contributed by atoms with Crippen molar-refractivity contribution < 1.29 is 20.0 Å². The summed E-state index contributed by atoms with van der Waals surface area (Å²) in [6.45, 7) is 1.87. The number of benzene rings is 1. The number of carbonyl (C=O) groups excluding carboxylic acids is 2. The van der Waals surface area contributed by atoms with Crippen LogP contribution in [0.15, 0.2) is 18.2 Å². The van der Waals surface area contributed by atoms with Crippen molar-refractivity contribution >= 4 is 29.2 Å². The third-order valence-corrected chi connectivity index (χ3v) is 4.73. The molecule has 0 bridgehead atoms. The minimum absolute atomic E-state index is 0.107. The molecule has 23 heavy (non-hydrogen) atoms. The number of hydrogen-bond donors (Lipinski definition) is 2. The zero-order chi connectivity index (χ0) is 16.8. The molecular formula is C17H23ClN2O3. The molecule has 1 aromatic carbocycles. The molecule has 2 rings (SSSR count). The summed E-state index contributed by atoms with van der Waals surface area (Å²) < 4.78 is 0. The molecule has 1 aliphatic rings. The van der Waals surface area contributed by atoms with E-state index in [-0.39, 0.29) is 18.4 Å². The van der Waals surface area contributed by atoms with Gasteiger partial charge in [0.2, 0.25) is 5.91 Å². The third kappa shape index (κ3) is 5.52. The number of nitrogens with one attached hydrogen (secondary N) is 1. The predicted molar refractivity (Wildman–Crippen MR) is 87.0 cm³/mol. The Morgan fingerprint density at radius 1 is 1.35 bits per heavy atom. The second-order valence-corrected chi connectivity index (χ2v) is 6.64. The van der Waals surface area contributed by atoms with Crippen LogP contribution in [-0.2, 0) is 9.59 Å². The molecule has 1 aromatic rings. The fourth-order valence-electron chi connectivity index (χ4n) is 2.97. The first-order valence-electron chi connectivity index (χ1n) is 8.07. The Morgan fingerprint density at radius 3 is 2.65 bits per heavy atom. The molecule has 3 N–H and O–H groups in total. The molecule has 0 unspecified atom stereocenters. The van der Waals surface area contributed by atoms with Gasteiger partial charge in [0.15, 0.2) is 0 Å². The second-order valence-electron chi connectivity index (χ2n) is 6.23. The normalized spacial score (nSPS) is 16.8. The lowest BCUT2D eigenvalue weighted by Gasteiger charge is -2.25. The van der Waals surface area contributed by atoms with Crippen LogP contribution in [0.5, 0.6) is 0 Å². The lowest BCUT2D eigenvalue weighted by Crippen LogP contribution is -2.98. The first kappa shape index (κ1) is 17.8. The van der Waals surface area contributed by atoms with Crippen LogP contribution in [0.2, 0.25) is 5.02 Å². The maximum Gasteiger partial charge on any atom is 0.230 e. The van der Waals surface area contributed by atoms with E-state index < -0.39 is 12.0 Å². The van der Waals surface area contributed by atoms with Gasteiger partial charge in [0, 0.05) is 10.7 Å². The van der Waals surface area contributed by atoms with Crippen LogP contribution < -0.4 is 15.7 Å². The van der Waals surface area contributed by atoms with Crippen molar-refractivity contribution in [1.82, 2.24) is 0 Å². The Hall–Kier alpha value is -1.59. The van der Waals surface area contributed by atoms with Crippen molar-refractivity contribution in [2.45, 2.75) is 57.5 Å². The topological polar surface area (TPSA) is 85.8 Å². The van der Waals surface area contributed by atoms with Crippen LogP contribution in [0, 0.1) is 6.92 Å². The number of carboxylic acids is 1. The fraction of sp³-hybridized carbons (Fsp3) is 0.529. The average molecular weight is 339 g/mol. The first-order valence-corrected chi connectivity index (χ1v) is 8.45. The van der Waals surface area contributed by atoms with Gasteiger partial charge in [-0.3, -0.25) is 4.79 Å². The number of halogens is 1. The number of carbonyl (C=O) groups is 2. The first-order chi connectivity index (χ1) is 11.0. The summed E-state index contributed by atoms with van der Waals surface area (Å²) in [5.41, 5.74) is 1.49. The Balaban J connectivity index is 1.91. The summed E-state index contributed by atoms with van der Waals surface area (Å²) >= 11 is 6.02. The highest BCUT2D eigenvalue weighted by atomic mass is 35.5. The number of aliphatic carboxylic acids is 1. The van der Waals surface area contributed by atoms with Gasteiger partial charge in [-0.05, 0) is 50.3 Å². The molecule has 1 aliphatic carbocycles. The van der Waals surface area contributed by atoms with Crippen molar-refractivity contribution in [1.29, 1.82) is 0 Å². The van der Waals surface area contributed by atoms with Crippen LogP contribution >= 0.6 is 11.6 Å². The number of quaternary nitrogens is 1. The second kappa shape index (κ2) is 8.31. The lowest BCUT2D eigenvalue weighted by atomic mass is 9.94. The Labute approximate surface area is 141 Å². The molecule has 1 saturated carbocycles. The zero-order valence-electron chi connectivity index (χ0n) is 13.3. The highest BCUT2D eigenvalue weighted by Crippen LogP contribution is 2.20. The van der Waals surface area contributed by atoms with E-state index in [0.717, 1.165) is 31.2 Å². The van der Waals surface area contributed by atoms with E-state index in [4.69, 9.17) is 11.6 Å². The van der Waals surface area contributed by atoms with E-state index in [1.807, 2.05) is 13.0 Å². The number of amides is 1. The van der Waals surface area contributed by atoms with Crippen molar-refractivity contribution in [3.63, 3.8) is 0 Å². The van der Waals surface area contributed by atoms with E-state index in [1.165, 1.54) is 6.42 Å². The molecule has 1 amide bonds. The van der Waals surface area contributed by atoms with Gasteiger partial charge in [-0.15, -0.1) is 0 Å². The molecule has 0 aliphatic heterocycles. The molecule has 0 saturated heterocycles. The molecule has 0 aromatic heterocycles. The number of rotatable bonds is 6. The number of aryl methyl sites for hydroxylation is 1. The highest BCUT2D eigenvalue weighted by molar-refractivity contribution is 6.31. The van der Waals surface area contributed by atoms with Gasteiger partial charge < -0.3 is 20.5 Å². The van der Waals surface area contributed by atoms with Crippen molar-refractivity contribution in [2.75, 3.05) is 5.32 Å². The van der Waals surface area contributed by atoms with Crippen LogP contribution in [0.3, 0.4) is 0 Å². The smallest absolute Gasteiger partial charge is 0.230 e. The molecule has 6 heteroatoms. The maximum absolute atomic E-state index is 12.1. The fourth-order valence-corrected chi connectivity index (χ4v) is 3.15. The number of anilines is 1. The molecule has 1 atom stereocenters. The number of carboxylic acid groups (broad SMARTS) is 1. The SMILES string of the molecule is Cc1ccc(NC(=O)C[C@@H]([NH2+]C2CCCCC2)C(=O)[O-])cc1Cl. The minimum Gasteiger partial charge on any atom is -0.544 e. The zero-order valence-corrected chi connectivity index (χ0v) is 14.1. The largest absolute Gasteiger partial charge is 0.544 e. The Kier molecular flexibility index (Phi) is 6.42.